The van der Waals surface area contributed by atoms with Gasteiger partial charge in [0.05, 0.1) is 12.0 Å². The first kappa shape index (κ1) is 14.8. The van der Waals surface area contributed by atoms with E-state index >= 15 is 0 Å². The Kier molecular flexibility index (Phi) is 4.30. The summed E-state index contributed by atoms with van der Waals surface area (Å²) in [5.41, 5.74) is -0.252. The lowest BCUT2D eigenvalue weighted by atomic mass is 9.79. The van der Waals surface area contributed by atoms with E-state index in [9.17, 15) is 14.4 Å². The van der Waals surface area contributed by atoms with E-state index in [4.69, 9.17) is 0 Å². The Morgan fingerprint density at radius 1 is 1.20 bits per heavy atom. The van der Waals surface area contributed by atoms with Gasteiger partial charge in [-0.15, -0.1) is 0 Å². The average molecular weight is 281 g/mol. The summed E-state index contributed by atoms with van der Waals surface area (Å²) in [6.07, 6.45) is 3.35. The highest BCUT2D eigenvalue weighted by Crippen LogP contribution is 2.40. The van der Waals surface area contributed by atoms with Crippen molar-refractivity contribution in [2.24, 2.45) is 5.41 Å². The van der Waals surface area contributed by atoms with Crippen LogP contribution in [0.5, 0.6) is 0 Å². The van der Waals surface area contributed by atoms with Gasteiger partial charge in [-0.1, -0.05) is 0 Å². The standard InChI is InChI=1S/C14H23N3O3/c1-11(18)15-10-12(19)17-7-3-4-14(6-9-17)5-8-16(2)13(14)20/h3-10H2,1-2H3,(H,15,18). The fourth-order valence-electron chi connectivity index (χ4n) is 3.21. The summed E-state index contributed by atoms with van der Waals surface area (Å²) in [5, 5.41) is 2.53. The van der Waals surface area contributed by atoms with Gasteiger partial charge in [0.2, 0.25) is 17.7 Å². The number of hydrogen-bond acceptors (Lipinski definition) is 3. The Hall–Kier alpha value is -1.59. The molecule has 0 radical (unpaired) electrons. The maximum Gasteiger partial charge on any atom is 0.241 e. The lowest BCUT2D eigenvalue weighted by Crippen LogP contribution is -2.40. The number of hydrogen-bond donors (Lipinski definition) is 1. The molecule has 0 aromatic rings. The fraction of sp³-hybridized carbons (Fsp3) is 0.786. The minimum Gasteiger partial charge on any atom is -0.347 e. The van der Waals surface area contributed by atoms with Crippen molar-refractivity contribution >= 4 is 17.7 Å². The van der Waals surface area contributed by atoms with Crippen molar-refractivity contribution in [3.63, 3.8) is 0 Å². The summed E-state index contributed by atoms with van der Waals surface area (Å²) < 4.78 is 0. The summed E-state index contributed by atoms with van der Waals surface area (Å²) in [4.78, 5) is 38.7. The highest BCUT2D eigenvalue weighted by Gasteiger charge is 2.45. The van der Waals surface area contributed by atoms with Gasteiger partial charge in [-0.25, -0.2) is 0 Å². The Balaban J connectivity index is 1.94. The summed E-state index contributed by atoms with van der Waals surface area (Å²) in [5.74, 6) is -0.0260. The highest BCUT2D eigenvalue weighted by atomic mass is 16.2. The molecule has 0 aromatic carbocycles. The van der Waals surface area contributed by atoms with Crippen LogP contribution in [0.15, 0.2) is 0 Å². The molecule has 0 bridgehead atoms. The van der Waals surface area contributed by atoms with E-state index < -0.39 is 0 Å². The van der Waals surface area contributed by atoms with Crippen LogP contribution in [0.2, 0.25) is 0 Å². The minimum atomic E-state index is -0.252. The summed E-state index contributed by atoms with van der Waals surface area (Å²) in [6, 6.07) is 0. The molecule has 2 heterocycles. The van der Waals surface area contributed by atoms with Gasteiger partial charge in [0.1, 0.15) is 0 Å². The molecule has 1 spiro atoms. The van der Waals surface area contributed by atoms with Crippen LogP contribution in [0.25, 0.3) is 0 Å². The van der Waals surface area contributed by atoms with E-state index in [2.05, 4.69) is 5.32 Å². The van der Waals surface area contributed by atoms with Gasteiger partial charge in [0.15, 0.2) is 0 Å². The lowest BCUT2D eigenvalue weighted by molar-refractivity contribution is -0.136. The summed E-state index contributed by atoms with van der Waals surface area (Å²) in [6.45, 7) is 3.56. The Morgan fingerprint density at radius 2 is 1.90 bits per heavy atom. The molecule has 2 saturated heterocycles. The molecular formula is C14H23N3O3. The first-order valence-electron chi connectivity index (χ1n) is 7.22. The third-order valence-electron chi connectivity index (χ3n) is 4.51. The van der Waals surface area contributed by atoms with E-state index in [1.54, 1.807) is 9.80 Å². The molecule has 1 unspecified atom stereocenters. The molecule has 2 fully saturated rings. The molecular weight excluding hydrogens is 258 g/mol. The molecule has 6 heteroatoms. The van der Waals surface area contributed by atoms with Crippen LogP contribution in [-0.2, 0) is 14.4 Å². The Morgan fingerprint density at radius 3 is 2.50 bits per heavy atom. The maximum atomic E-state index is 12.3. The zero-order chi connectivity index (χ0) is 14.8. The molecule has 2 aliphatic rings. The molecule has 2 rings (SSSR count). The zero-order valence-electron chi connectivity index (χ0n) is 12.3. The van der Waals surface area contributed by atoms with Crippen molar-refractivity contribution in [2.45, 2.75) is 32.6 Å². The van der Waals surface area contributed by atoms with Crippen molar-refractivity contribution < 1.29 is 14.4 Å². The molecule has 6 nitrogen and oxygen atoms in total. The summed E-state index contributed by atoms with van der Waals surface area (Å²) in [7, 11) is 1.85. The number of likely N-dealkylation sites (tertiary alicyclic amines) is 2. The smallest absolute Gasteiger partial charge is 0.241 e. The first-order chi connectivity index (χ1) is 9.44. The third kappa shape index (κ3) is 2.94. The second-order valence-corrected chi connectivity index (χ2v) is 5.90. The molecule has 3 amide bonds. The number of amides is 3. The SMILES string of the molecule is CC(=O)NCC(=O)N1CCCC2(CCN(C)C2=O)CC1. The van der Waals surface area contributed by atoms with Gasteiger partial charge in [-0.2, -0.15) is 0 Å². The van der Waals surface area contributed by atoms with E-state index in [0.29, 0.717) is 13.1 Å². The van der Waals surface area contributed by atoms with Crippen molar-refractivity contribution in [1.29, 1.82) is 0 Å². The predicted octanol–water partition coefficient (Wildman–Crippen LogP) is -0.0165. The van der Waals surface area contributed by atoms with Crippen LogP contribution in [0.3, 0.4) is 0 Å². The van der Waals surface area contributed by atoms with Crippen molar-refractivity contribution in [3.05, 3.63) is 0 Å². The second kappa shape index (κ2) is 5.81. The van der Waals surface area contributed by atoms with E-state index in [0.717, 1.165) is 32.2 Å². The number of carbonyl (C=O) groups excluding carboxylic acids is 3. The molecule has 2 aliphatic heterocycles. The molecule has 20 heavy (non-hydrogen) atoms. The minimum absolute atomic E-state index is 0.0518. The summed E-state index contributed by atoms with van der Waals surface area (Å²) >= 11 is 0. The molecule has 1 atom stereocenters. The lowest BCUT2D eigenvalue weighted by Gasteiger charge is -2.25. The number of rotatable bonds is 2. The van der Waals surface area contributed by atoms with Crippen LogP contribution in [-0.4, -0.2) is 60.7 Å². The number of nitrogens with zero attached hydrogens (tertiary/aromatic N) is 2. The van der Waals surface area contributed by atoms with Crippen LogP contribution in [0, 0.1) is 5.41 Å². The highest BCUT2D eigenvalue weighted by molar-refractivity contribution is 5.85. The largest absolute Gasteiger partial charge is 0.347 e. The number of carbonyl (C=O) groups is 3. The average Bonchev–Trinajstić information content (AvgIpc) is 2.61. The fourth-order valence-corrected chi connectivity index (χ4v) is 3.21. The van der Waals surface area contributed by atoms with Crippen molar-refractivity contribution in [3.8, 4) is 0 Å². The van der Waals surface area contributed by atoms with Crippen molar-refractivity contribution in [1.82, 2.24) is 15.1 Å². The first-order valence-corrected chi connectivity index (χ1v) is 7.22. The predicted molar refractivity (Wildman–Crippen MR) is 73.8 cm³/mol. The quantitative estimate of drug-likeness (QED) is 0.773. The monoisotopic (exact) mass is 281 g/mol. The normalized spacial score (nSPS) is 26.8. The van der Waals surface area contributed by atoms with E-state index in [1.807, 2.05) is 7.05 Å². The van der Waals surface area contributed by atoms with E-state index in [1.165, 1.54) is 6.92 Å². The maximum absolute atomic E-state index is 12.3. The van der Waals surface area contributed by atoms with Gasteiger partial charge < -0.3 is 15.1 Å². The molecule has 0 saturated carbocycles. The van der Waals surface area contributed by atoms with Gasteiger partial charge in [-0.05, 0) is 25.7 Å². The second-order valence-electron chi connectivity index (χ2n) is 5.90. The topological polar surface area (TPSA) is 69.7 Å². The number of nitrogens with one attached hydrogen (secondary N) is 1. The van der Waals surface area contributed by atoms with Gasteiger partial charge in [-0.3, -0.25) is 14.4 Å². The van der Waals surface area contributed by atoms with Crippen LogP contribution >= 0.6 is 0 Å². The Labute approximate surface area is 119 Å². The molecule has 0 aliphatic carbocycles. The van der Waals surface area contributed by atoms with Gasteiger partial charge in [0.25, 0.3) is 0 Å². The van der Waals surface area contributed by atoms with Gasteiger partial charge in [0, 0.05) is 33.6 Å². The molecule has 0 aromatic heterocycles. The third-order valence-corrected chi connectivity index (χ3v) is 4.51. The van der Waals surface area contributed by atoms with Crippen LogP contribution in [0.4, 0.5) is 0 Å². The van der Waals surface area contributed by atoms with Crippen LogP contribution < -0.4 is 5.32 Å². The Bertz CT molecular complexity index is 424. The zero-order valence-corrected chi connectivity index (χ0v) is 12.3. The molecule has 112 valence electrons. The van der Waals surface area contributed by atoms with E-state index in [-0.39, 0.29) is 29.7 Å². The van der Waals surface area contributed by atoms with Crippen LogP contribution in [0.1, 0.15) is 32.6 Å². The molecule has 1 N–H and O–H groups in total. The van der Waals surface area contributed by atoms with Gasteiger partial charge >= 0.3 is 0 Å². The van der Waals surface area contributed by atoms with Crippen molar-refractivity contribution in [2.75, 3.05) is 33.2 Å².